The molecule has 0 unspecified atom stereocenters. The molecule has 0 saturated heterocycles. The van der Waals surface area contributed by atoms with Crippen molar-refractivity contribution in [2.75, 3.05) is 20.7 Å². The van der Waals surface area contributed by atoms with Crippen LogP contribution in [0.1, 0.15) is 6.92 Å². The Balaban J connectivity index is 2.77. The summed E-state index contributed by atoms with van der Waals surface area (Å²) in [5, 5.41) is 0. The molecule has 0 aromatic heterocycles. The number of hydrogen-bond donors (Lipinski definition) is 0. The van der Waals surface area contributed by atoms with E-state index in [1.165, 1.54) is 7.11 Å². The fourth-order valence-electron chi connectivity index (χ4n) is 1.18. The van der Waals surface area contributed by atoms with Gasteiger partial charge in [0, 0.05) is 33.1 Å². The predicted octanol–water partition coefficient (Wildman–Crippen LogP) is 0.224. The quantitative estimate of drug-likeness (QED) is 0.594. The Bertz CT molecular complexity index is 203. The van der Waals surface area contributed by atoms with Gasteiger partial charge in [0.15, 0.2) is 0 Å². The number of ether oxygens (including phenoxy) is 1. The van der Waals surface area contributed by atoms with Crippen LogP contribution in [0.3, 0.4) is 0 Å². The third-order valence-electron chi connectivity index (χ3n) is 1.91. The Labute approximate surface area is 72.4 Å². The van der Waals surface area contributed by atoms with Crippen LogP contribution < -0.4 is 0 Å². The molecular weight excluding hydrogens is 156 g/mol. The molecule has 12 heavy (non-hydrogen) atoms. The Morgan fingerprint density at radius 3 is 2.75 bits per heavy atom. The first-order chi connectivity index (χ1) is 5.70. The van der Waals surface area contributed by atoms with Crippen LogP contribution in [-0.4, -0.2) is 42.6 Å². The second-order valence-electron chi connectivity index (χ2n) is 2.68. The Morgan fingerprint density at radius 2 is 2.25 bits per heavy atom. The Kier molecular flexibility index (Phi) is 2.70. The summed E-state index contributed by atoms with van der Waals surface area (Å²) in [6.45, 7) is 2.61. The average Bonchev–Trinajstić information content (AvgIpc) is 2.06. The highest BCUT2D eigenvalue weighted by Crippen LogP contribution is 2.10. The molecule has 0 N–H and O–H groups in total. The van der Waals surface area contributed by atoms with E-state index < -0.39 is 6.23 Å². The van der Waals surface area contributed by atoms with Crippen molar-refractivity contribution in [2.45, 2.75) is 13.2 Å². The molecule has 4 nitrogen and oxygen atoms in total. The van der Waals surface area contributed by atoms with Gasteiger partial charge in [0.25, 0.3) is 5.91 Å². The monoisotopic (exact) mass is 170 g/mol. The van der Waals surface area contributed by atoms with E-state index in [0.29, 0.717) is 6.54 Å². The summed E-state index contributed by atoms with van der Waals surface area (Å²) in [6, 6.07) is 0. The van der Waals surface area contributed by atoms with Crippen LogP contribution in [0.5, 0.6) is 0 Å². The van der Waals surface area contributed by atoms with Crippen LogP contribution in [0.15, 0.2) is 12.4 Å². The van der Waals surface area contributed by atoms with Crippen LogP contribution in [-0.2, 0) is 9.53 Å². The minimum absolute atomic E-state index is 0.00926. The van der Waals surface area contributed by atoms with E-state index in [-0.39, 0.29) is 5.91 Å². The molecule has 0 spiro atoms. The van der Waals surface area contributed by atoms with Crippen LogP contribution >= 0.6 is 0 Å². The topological polar surface area (TPSA) is 32.8 Å². The molecule has 0 bridgehead atoms. The minimum atomic E-state index is -0.463. The molecule has 0 aromatic carbocycles. The third-order valence-corrected chi connectivity index (χ3v) is 1.91. The fraction of sp³-hybridized carbons (Fsp3) is 0.625. The van der Waals surface area contributed by atoms with Gasteiger partial charge in [0.05, 0.1) is 0 Å². The van der Waals surface area contributed by atoms with Crippen molar-refractivity contribution >= 4 is 5.91 Å². The van der Waals surface area contributed by atoms with E-state index >= 15 is 0 Å². The van der Waals surface area contributed by atoms with Gasteiger partial charge >= 0.3 is 0 Å². The van der Waals surface area contributed by atoms with Gasteiger partial charge < -0.3 is 14.5 Å². The highest BCUT2D eigenvalue weighted by molar-refractivity contribution is 5.82. The summed E-state index contributed by atoms with van der Waals surface area (Å²) < 4.78 is 5.03. The zero-order valence-corrected chi connectivity index (χ0v) is 7.65. The van der Waals surface area contributed by atoms with E-state index in [9.17, 15) is 4.79 Å². The normalized spacial score (nSPS) is 23.6. The van der Waals surface area contributed by atoms with Crippen LogP contribution in [0.2, 0.25) is 0 Å². The molecule has 0 aliphatic carbocycles. The fourth-order valence-corrected chi connectivity index (χ4v) is 1.18. The number of nitrogens with zero attached hydrogens (tertiary/aromatic N) is 2. The second kappa shape index (κ2) is 3.58. The summed E-state index contributed by atoms with van der Waals surface area (Å²) in [5.74, 6) is -0.00926. The van der Waals surface area contributed by atoms with Crippen LogP contribution in [0, 0.1) is 0 Å². The summed E-state index contributed by atoms with van der Waals surface area (Å²) in [5.41, 5.74) is 0. The standard InChI is InChI=1S/C8H14N2O2/c1-4-10-6-5-9(2)8(12-3)7(10)11/h5-6,8H,4H2,1-3H3/t8-/m1/s1. The van der Waals surface area contributed by atoms with Crippen molar-refractivity contribution in [3.63, 3.8) is 0 Å². The molecule has 1 aliphatic rings. The number of hydrogen-bond acceptors (Lipinski definition) is 3. The number of likely N-dealkylation sites (N-methyl/N-ethyl adjacent to an activating group) is 2. The van der Waals surface area contributed by atoms with Crippen LogP contribution in [0.25, 0.3) is 0 Å². The van der Waals surface area contributed by atoms with E-state index in [4.69, 9.17) is 4.74 Å². The zero-order valence-electron chi connectivity index (χ0n) is 7.65. The molecule has 4 heteroatoms. The van der Waals surface area contributed by atoms with Gasteiger partial charge in [-0.25, -0.2) is 0 Å². The number of carbonyl (C=O) groups excluding carboxylic acids is 1. The van der Waals surface area contributed by atoms with Gasteiger partial charge in [-0.15, -0.1) is 0 Å². The van der Waals surface area contributed by atoms with Crippen molar-refractivity contribution in [2.24, 2.45) is 0 Å². The van der Waals surface area contributed by atoms with Crippen molar-refractivity contribution in [3.05, 3.63) is 12.4 Å². The number of methoxy groups -OCH3 is 1. The van der Waals surface area contributed by atoms with Crippen LogP contribution in [0.4, 0.5) is 0 Å². The van der Waals surface area contributed by atoms with Gasteiger partial charge in [0.1, 0.15) is 0 Å². The molecule has 1 amide bonds. The first-order valence-corrected chi connectivity index (χ1v) is 3.94. The van der Waals surface area contributed by atoms with Gasteiger partial charge in [-0.2, -0.15) is 0 Å². The lowest BCUT2D eigenvalue weighted by molar-refractivity contribution is -0.149. The van der Waals surface area contributed by atoms with Gasteiger partial charge in [-0.3, -0.25) is 4.79 Å². The molecule has 0 aromatic rings. The molecule has 0 fully saturated rings. The third kappa shape index (κ3) is 1.43. The molecule has 0 radical (unpaired) electrons. The van der Waals surface area contributed by atoms with Crippen molar-refractivity contribution in [3.8, 4) is 0 Å². The molecule has 1 heterocycles. The highest BCUT2D eigenvalue weighted by atomic mass is 16.5. The Morgan fingerprint density at radius 1 is 1.58 bits per heavy atom. The molecule has 1 atom stereocenters. The molecule has 0 saturated carbocycles. The van der Waals surface area contributed by atoms with Gasteiger partial charge in [0.2, 0.25) is 6.23 Å². The maximum absolute atomic E-state index is 11.5. The number of rotatable bonds is 2. The number of carbonyl (C=O) groups is 1. The zero-order chi connectivity index (χ0) is 9.14. The van der Waals surface area contributed by atoms with Crippen molar-refractivity contribution in [1.82, 2.24) is 9.80 Å². The Hall–Kier alpha value is -1.03. The minimum Gasteiger partial charge on any atom is -0.353 e. The van der Waals surface area contributed by atoms with E-state index in [2.05, 4.69) is 0 Å². The maximum atomic E-state index is 11.5. The lowest BCUT2D eigenvalue weighted by Gasteiger charge is -2.32. The lowest BCUT2D eigenvalue weighted by atomic mass is 10.3. The summed E-state index contributed by atoms with van der Waals surface area (Å²) in [4.78, 5) is 14.9. The van der Waals surface area contributed by atoms with E-state index in [1.807, 2.05) is 20.2 Å². The summed E-state index contributed by atoms with van der Waals surface area (Å²) >= 11 is 0. The van der Waals surface area contributed by atoms with E-state index in [1.54, 1.807) is 16.0 Å². The first-order valence-electron chi connectivity index (χ1n) is 3.94. The van der Waals surface area contributed by atoms with Gasteiger partial charge in [-0.05, 0) is 6.92 Å². The number of amides is 1. The molecule has 1 rings (SSSR count). The first kappa shape index (κ1) is 9.06. The largest absolute Gasteiger partial charge is 0.353 e. The SMILES string of the molecule is CCN1C=CN(C)[C@H](OC)C1=O. The summed E-state index contributed by atoms with van der Waals surface area (Å²) in [7, 11) is 3.35. The van der Waals surface area contributed by atoms with Gasteiger partial charge in [-0.1, -0.05) is 0 Å². The average molecular weight is 170 g/mol. The van der Waals surface area contributed by atoms with E-state index in [0.717, 1.165) is 0 Å². The smallest absolute Gasteiger partial charge is 0.276 e. The highest BCUT2D eigenvalue weighted by Gasteiger charge is 2.27. The molecular formula is C8H14N2O2. The summed E-state index contributed by atoms with van der Waals surface area (Å²) in [6.07, 6.45) is 3.13. The van der Waals surface area contributed by atoms with Crippen molar-refractivity contribution in [1.29, 1.82) is 0 Å². The lowest BCUT2D eigenvalue weighted by Crippen LogP contribution is -2.47. The maximum Gasteiger partial charge on any atom is 0.276 e. The van der Waals surface area contributed by atoms with Crippen molar-refractivity contribution < 1.29 is 9.53 Å². The predicted molar refractivity (Wildman–Crippen MR) is 45.1 cm³/mol. The molecule has 68 valence electrons. The molecule has 1 aliphatic heterocycles. The second-order valence-corrected chi connectivity index (χ2v) is 2.68.